The van der Waals surface area contributed by atoms with Crippen LogP contribution in [0.2, 0.25) is 0 Å². The summed E-state index contributed by atoms with van der Waals surface area (Å²) in [6, 6.07) is 11.4. The number of aliphatic imine (C=N–C) groups is 1. The number of hydrogen-bond acceptors (Lipinski definition) is 5. The van der Waals surface area contributed by atoms with E-state index in [4.69, 9.17) is 4.74 Å². The fourth-order valence-corrected chi connectivity index (χ4v) is 2.24. The molecule has 0 aliphatic rings. The van der Waals surface area contributed by atoms with Gasteiger partial charge in [0.2, 0.25) is 5.88 Å². The molecule has 3 aromatic rings. The lowest BCUT2D eigenvalue weighted by Crippen LogP contribution is -2.37. The van der Waals surface area contributed by atoms with Gasteiger partial charge < -0.3 is 15.4 Å². The van der Waals surface area contributed by atoms with Crippen LogP contribution in [0.3, 0.4) is 0 Å². The molecule has 132 valence electrons. The van der Waals surface area contributed by atoms with Crippen molar-refractivity contribution < 1.29 is 4.74 Å². The Morgan fingerprint density at radius 2 is 1.96 bits per heavy atom. The molecule has 0 aliphatic heterocycles. The van der Waals surface area contributed by atoms with Crippen molar-refractivity contribution in [2.45, 2.75) is 13.1 Å². The van der Waals surface area contributed by atoms with E-state index in [-0.39, 0.29) is 24.0 Å². The van der Waals surface area contributed by atoms with Crippen LogP contribution >= 0.6 is 24.0 Å². The second-order valence-electron chi connectivity index (χ2n) is 5.00. The lowest BCUT2D eigenvalue weighted by Gasteiger charge is -2.11. The first-order valence-electron chi connectivity index (χ1n) is 7.53. The van der Waals surface area contributed by atoms with E-state index >= 15 is 0 Å². The predicted molar refractivity (Wildman–Crippen MR) is 106 cm³/mol. The smallest absolute Gasteiger partial charge is 0.213 e. The molecule has 9 heteroatoms. The summed E-state index contributed by atoms with van der Waals surface area (Å²) in [6.07, 6.45) is 1.93. The summed E-state index contributed by atoms with van der Waals surface area (Å²) < 4.78 is 7.06. The largest absolute Gasteiger partial charge is 0.481 e. The van der Waals surface area contributed by atoms with Crippen LogP contribution in [0.1, 0.15) is 11.5 Å². The molecule has 0 atom stereocenters. The molecule has 0 saturated heterocycles. The molecule has 0 aliphatic carbocycles. The van der Waals surface area contributed by atoms with E-state index < -0.39 is 0 Å². The van der Waals surface area contributed by atoms with Crippen LogP contribution in [-0.4, -0.2) is 39.7 Å². The van der Waals surface area contributed by atoms with Crippen LogP contribution in [0.4, 0.5) is 0 Å². The molecule has 3 rings (SSSR count). The summed E-state index contributed by atoms with van der Waals surface area (Å²) in [5.41, 5.74) is 1.68. The Balaban J connectivity index is 0.00000225. The lowest BCUT2D eigenvalue weighted by atomic mass is 10.3. The maximum Gasteiger partial charge on any atom is 0.213 e. The van der Waals surface area contributed by atoms with Gasteiger partial charge in [0.05, 0.1) is 25.9 Å². The molecular formula is C16H20IN7O. The van der Waals surface area contributed by atoms with Gasteiger partial charge in [-0.25, -0.2) is 4.98 Å². The summed E-state index contributed by atoms with van der Waals surface area (Å²) in [4.78, 5) is 8.56. The van der Waals surface area contributed by atoms with Crippen LogP contribution in [0.15, 0.2) is 47.6 Å². The molecule has 25 heavy (non-hydrogen) atoms. The Morgan fingerprint density at radius 1 is 1.12 bits per heavy atom. The highest BCUT2D eigenvalue weighted by Crippen LogP contribution is 2.06. The molecule has 0 radical (unpaired) electrons. The Hall–Kier alpha value is -2.43. The minimum absolute atomic E-state index is 0. The number of fused-ring (bicyclic) bond motifs is 1. The summed E-state index contributed by atoms with van der Waals surface area (Å²) in [5, 5.41) is 14.7. The first kappa shape index (κ1) is 18.9. The monoisotopic (exact) mass is 453 g/mol. The summed E-state index contributed by atoms with van der Waals surface area (Å²) in [5.74, 6) is 2.06. The SMILES string of the molecule is CN=C(NCc1cccc(OC)n1)NCc1nnc2ccccn12.I. The number of pyridine rings is 2. The van der Waals surface area contributed by atoms with E-state index in [0.29, 0.717) is 24.9 Å². The molecule has 3 aromatic heterocycles. The van der Waals surface area contributed by atoms with Crippen molar-refractivity contribution in [3.8, 4) is 5.88 Å². The summed E-state index contributed by atoms with van der Waals surface area (Å²) in [7, 11) is 3.32. The van der Waals surface area contributed by atoms with E-state index in [2.05, 4.69) is 30.8 Å². The molecule has 0 amide bonds. The minimum atomic E-state index is 0. The molecule has 0 saturated carbocycles. The van der Waals surface area contributed by atoms with E-state index in [1.54, 1.807) is 14.2 Å². The molecule has 0 fully saturated rings. The zero-order chi connectivity index (χ0) is 16.8. The van der Waals surface area contributed by atoms with Gasteiger partial charge in [-0.3, -0.25) is 9.39 Å². The molecule has 2 N–H and O–H groups in total. The molecule has 0 aromatic carbocycles. The molecule has 0 unspecified atom stereocenters. The van der Waals surface area contributed by atoms with Gasteiger partial charge in [-0.05, 0) is 18.2 Å². The number of ether oxygens (including phenoxy) is 1. The third-order valence-corrected chi connectivity index (χ3v) is 3.45. The molecule has 0 spiro atoms. The number of nitrogens with zero attached hydrogens (tertiary/aromatic N) is 5. The Labute approximate surface area is 162 Å². The van der Waals surface area contributed by atoms with Crippen molar-refractivity contribution in [1.29, 1.82) is 0 Å². The Bertz CT molecular complexity index is 849. The van der Waals surface area contributed by atoms with Gasteiger partial charge in [0.1, 0.15) is 0 Å². The fraction of sp³-hybridized carbons (Fsp3) is 0.250. The van der Waals surface area contributed by atoms with Crippen molar-refractivity contribution in [2.24, 2.45) is 4.99 Å². The standard InChI is InChI=1S/C16H19N7O.HI/c1-17-16(18-10-12-6-5-8-15(20-12)24-2)19-11-14-22-21-13-7-3-4-9-23(13)14;/h3-9H,10-11H2,1-2H3,(H2,17,18,19);1H. The lowest BCUT2D eigenvalue weighted by molar-refractivity contribution is 0.396. The van der Waals surface area contributed by atoms with Crippen LogP contribution in [-0.2, 0) is 13.1 Å². The number of guanidine groups is 1. The number of rotatable bonds is 5. The van der Waals surface area contributed by atoms with Gasteiger partial charge in [-0.2, -0.15) is 0 Å². The Kier molecular flexibility index (Phi) is 6.92. The predicted octanol–water partition coefficient (Wildman–Crippen LogP) is 1.62. The van der Waals surface area contributed by atoms with Crippen molar-refractivity contribution in [3.05, 3.63) is 54.1 Å². The molecule has 8 nitrogen and oxygen atoms in total. The second kappa shape index (κ2) is 9.16. The quantitative estimate of drug-likeness (QED) is 0.347. The highest BCUT2D eigenvalue weighted by atomic mass is 127. The highest BCUT2D eigenvalue weighted by molar-refractivity contribution is 14.0. The average molecular weight is 453 g/mol. The zero-order valence-corrected chi connectivity index (χ0v) is 16.3. The topological polar surface area (TPSA) is 88.7 Å². The van der Waals surface area contributed by atoms with E-state index in [9.17, 15) is 0 Å². The van der Waals surface area contributed by atoms with Crippen molar-refractivity contribution in [1.82, 2.24) is 30.2 Å². The first-order chi connectivity index (χ1) is 11.8. The van der Waals surface area contributed by atoms with Crippen LogP contribution < -0.4 is 15.4 Å². The van der Waals surface area contributed by atoms with E-state index in [1.165, 1.54) is 0 Å². The maximum absolute atomic E-state index is 5.12. The summed E-state index contributed by atoms with van der Waals surface area (Å²) in [6.45, 7) is 1.05. The minimum Gasteiger partial charge on any atom is -0.481 e. The number of methoxy groups -OCH3 is 1. The van der Waals surface area contributed by atoms with Gasteiger partial charge in [-0.1, -0.05) is 12.1 Å². The zero-order valence-electron chi connectivity index (χ0n) is 14.0. The molecular weight excluding hydrogens is 433 g/mol. The summed E-state index contributed by atoms with van der Waals surface area (Å²) >= 11 is 0. The average Bonchev–Trinajstić information content (AvgIpc) is 3.05. The number of nitrogens with one attached hydrogen (secondary N) is 2. The van der Waals surface area contributed by atoms with Crippen molar-refractivity contribution >= 4 is 35.6 Å². The molecule has 3 heterocycles. The first-order valence-corrected chi connectivity index (χ1v) is 7.53. The normalized spacial score (nSPS) is 11.0. The maximum atomic E-state index is 5.12. The van der Waals surface area contributed by atoms with Gasteiger partial charge in [0.15, 0.2) is 17.4 Å². The third-order valence-electron chi connectivity index (χ3n) is 3.45. The van der Waals surface area contributed by atoms with Crippen molar-refractivity contribution in [3.63, 3.8) is 0 Å². The van der Waals surface area contributed by atoms with E-state index in [0.717, 1.165) is 17.2 Å². The van der Waals surface area contributed by atoms with Gasteiger partial charge in [0, 0.05) is 19.3 Å². The number of aromatic nitrogens is 4. The number of hydrogen-bond donors (Lipinski definition) is 2. The van der Waals surface area contributed by atoms with Crippen LogP contribution in [0.5, 0.6) is 5.88 Å². The highest BCUT2D eigenvalue weighted by Gasteiger charge is 2.06. The molecule has 0 bridgehead atoms. The third kappa shape index (κ3) is 4.78. The van der Waals surface area contributed by atoms with Crippen molar-refractivity contribution in [2.75, 3.05) is 14.2 Å². The fourth-order valence-electron chi connectivity index (χ4n) is 2.24. The Morgan fingerprint density at radius 3 is 2.76 bits per heavy atom. The van der Waals surface area contributed by atoms with Gasteiger partial charge >= 0.3 is 0 Å². The van der Waals surface area contributed by atoms with E-state index in [1.807, 2.05) is 47.0 Å². The van der Waals surface area contributed by atoms with Gasteiger partial charge in [0.25, 0.3) is 0 Å². The second-order valence-corrected chi connectivity index (χ2v) is 5.00. The van der Waals surface area contributed by atoms with Gasteiger partial charge in [-0.15, -0.1) is 34.2 Å². The van der Waals surface area contributed by atoms with Crippen LogP contribution in [0, 0.1) is 0 Å². The number of halogens is 1. The van der Waals surface area contributed by atoms with Crippen LogP contribution in [0.25, 0.3) is 5.65 Å².